The second kappa shape index (κ2) is 5.91. The van der Waals surface area contributed by atoms with Crippen molar-refractivity contribution in [3.05, 3.63) is 66.0 Å². The average Bonchev–Trinajstić information content (AvgIpc) is 3.26. The minimum Gasteiger partial charge on any atom is -0.268 e. The van der Waals surface area contributed by atoms with Gasteiger partial charge in [0.25, 0.3) is 0 Å². The maximum Gasteiger partial charge on any atom is 0.0991 e. The van der Waals surface area contributed by atoms with Crippen molar-refractivity contribution in [3.8, 4) is 23.0 Å². The lowest BCUT2D eigenvalue weighted by atomic mass is 10.1. The van der Waals surface area contributed by atoms with Gasteiger partial charge in [0, 0.05) is 18.0 Å². The second-order valence-electron chi connectivity index (χ2n) is 5.94. The van der Waals surface area contributed by atoms with Gasteiger partial charge >= 0.3 is 0 Å². The van der Waals surface area contributed by atoms with Gasteiger partial charge in [0.2, 0.25) is 0 Å². The Hall–Kier alpha value is -3.39. The first kappa shape index (κ1) is 15.2. The molecule has 4 aromatic rings. The third kappa shape index (κ3) is 2.48. The van der Waals surface area contributed by atoms with E-state index >= 15 is 0 Å². The summed E-state index contributed by atoms with van der Waals surface area (Å²) >= 11 is 0. The van der Waals surface area contributed by atoms with Crippen LogP contribution < -0.4 is 0 Å². The molecule has 0 aliphatic heterocycles. The first-order valence-electron chi connectivity index (χ1n) is 8.22. The van der Waals surface area contributed by atoms with Gasteiger partial charge in [0.15, 0.2) is 0 Å². The molecular formula is C20H17N5. The molecule has 5 nitrogen and oxygen atoms in total. The average molecular weight is 327 g/mol. The number of aryl methyl sites for hydroxylation is 2. The number of rotatable bonds is 3. The summed E-state index contributed by atoms with van der Waals surface area (Å²) in [5, 5.41) is 19.2. The molecule has 5 heteroatoms. The SMILES string of the molecule is CCc1nn(C)c2cc(-c3ccnn3-c3ccc(C#N)cc3)ccc12. The van der Waals surface area contributed by atoms with E-state index in [0.29, 0.717) is 5.56 Å². The normalized spacial score (nSPS) is 10.9. The van der Waals surface area contributed by atoms with Crippen molar-refractivity contribution in [1.82, 2.24) is 19.6 Å². The molecule has 0 aliphatic carbocycles. The predicted octanol–water partition coefficient (Wildman–Crippen LogP) is 3.86. The molecule has 0 spiro atoms. The number of aromatic nitrogens is 4. The van der Waals surface area contributed by atoms with Crippen LogP contribution in [-0.2, 0) is 13.5 Å². The van der Waals surface area contributed by atoms with Gasteiger partial charge in [-0.1, -0.05) is 19.1 Å². The molecule has 0 unspecified atom stereocenters. The van der Waals surface area contributed by atoms with E-state index in [1.807, 2.05) is 34.6 Å². The van der Waals surface area contributed by atoms with Crippen molar-refractivity contribution in [2.24, 2.45) is 7.05 Å². The van der Waals surface area contributed by atoms with Crippen LogP contribution in [0, 0.1) is 11.3 Å². The molecule has 0 amide bonds. The molecule has 2 heterocycles. The van der Waals surface area contributed by atoms with Gasteiger partial charge < -0.3 is 0 Å². The van der Waals surface area contributed by atoms with Crippen LogP contribution >= 0.6 is 0 Å². The molecule has 0 fully saturated rings. The van der Waals surface area contributed by atoms with Crippen LogP contribution in [0.5, 0.6) is 0 Å². The summed E-state index contributed by atoms with van der Waals surface area (Å²) in [4.78, 5) is 0. The summed E-state index contributed by atoms with van der Waals surface area (Å²) in [6.07, 6.45) is 2.71. The van der Waals surface area contributed by atoms with Gasteiger partial charge in [-0.25, -0.2) is 4.68 Å². The van der Waals surface area contributed by atoms with E-state index in [9.17, 15) is 0 Å². The Bertz CT molecular complexity index is 1090. The second-order valence-corrected chi connectivity index (χ2v) is 5.94. The van der Waals surface area contributed by atoms with Gasteiger partial charge in [-0.2, -0.15) is 15.5 Å². The highest BCUT2D eigenvalue weighted by Crippen LogP contribution is 2.27. The van der Waals surface area contributed by atoms with Gasteiger partial charge in [-0.3, -0.25) is 4.68 Å². The van der Waals surface area contributed by atoms with E-state index in [-0.39, 0.29) is 0 Å². The van der Waals surface area contributed by atoms with E-state index in [0.717, 1.165) is 34.6 Å². The van der Waals surface area contributed by atoms with Crippen LogP contribution in [0.25, 0.3) is 27.8 Å². The third-order valence-corrected chi connectivity index (χ3v) is 4.44. The Balaban J connectivity index is 1.83. The topological polar surface area (TPSA) is 59.4 Å². The smallest absolute Gasteiger partial charge is 0.0991 e. The van der Waals surface area contributed by atoms with Crippen LogP contribution in [0.2, 0.25) is 0 Å². The van der Waals surface area contributed by atoms with Crippen molar-refractivity contribution in [3.63, 3.8) is 0 Å². The van der Waals surface area contributed by atoms with Gasteiger partial charge in [0.05, 0.1) is 40.4 Å². The molecule has 4 rings (SSSR count). The fourth-order valence-electron chi connectivity index (χ4n) is 3.16. The molecular weight excluding hydrogens is 310 g/mol. The highest BCUT2D eigenvalue weighted by atomic mass is 15.3. The van der Waals surface area contributed by atoms with Crippen LogP contribution in [0.3, 0.4) is 0 Å². The molecule has 0 saturated heterocycles. The minimum atomic E-state index is 0.640. The number of fused-ring (bicyclic) bond motifs is 1. The number of hydrogen-bond donors (Lipinski definition) is 0. The molecule has 122 valence electrons. The monoisotopic (exact) mass is 327 g/mol. The van der Waals surface area contributed by atoms with Crippen LogP contribution in [0.1, 0.15) is 18.2 Å². The first-order valence-corrected chi connectivity index (χ1v) is 8.22. The maximum absolute atomic E-state index is 8.96. The highest BCUT2D eigenvalue weighted by molar-refractivity contribution is 5.86. The molecule has 0 bridgehead atoms. The Kier molecular flexibility index (Phi) is 3.58. The zero-order valence-corrected chi connectivity index (χ0v) is 14.1. The molecule has 25 heavy (non-hydrogen) atoms. The number of benzene rings is 2. The molecule has 0 N–H and O–H groups in total. The minimum absolute atomic E-state index is 0.640. The van der Waals surface area contributed by atoms with Gasteiger partial charge in [-0.05, 0) is 42.8 Å². The van der Waals surface area contributed by atoms with E-state index in [1.54, 1.807) is 18.3 Å². The van der Waals surface area contributed by atoms with E-state index in [4.69, 9.17) is 5.26 Å². The van der Waals surface area contributed by atoms with E-state index < -0.39 is 0 Å². The maximum atomic E-state index is 8.96. The van der Waals surface area contributed by atoms with E-state index in [1.165, 1.54) is 5.39 Å². The third-order valence-electron chi connectivity index (χ3n) is 4.44. The zero-order chi connectivity index (χ0) is 17.4. The van der Waals surface area contributed by atoms with Gasteiger partial charge in [0.1, 0.15) is 0 Å². The van der Waals surface area contributed by atoms with Crippen molar-refractivity contribution < 1.29 is 0 Å². The van der Waals surface area contributed by atoms with Crippen LogP contribution in [0.15, 0.2) is 54.7 Å². The molecule has 0 radical (unpaired) electrons. The summed E-state index contributed by atoms with van der Waals surface area (Å²) < 4.78 is 3.82. The number of nitrogens with zero attached hydrogens (tertiary/aromatic N) is 5. The van der Waals surface area contributed by atoms with Crippen LogP contribution in [-0.4, -0.2) is 19.6 Å². The molecule has 2 aromatic carbocycles. The lowest BCUT2D eigenvalue weighted by molar-refractivity contribution is 0.770. The summed E-state index contributed by atoms with van der Waals surface area (Å²) in [6, 6.07) is 18.0. The summed E-state index contributed by atoms with van der Waals surface area (Å²) in [5.41, 5.74) is 5.89. The predicted molar refractivity (Wildman–Crippen MR) is 97.4 cm³/mol. The fourth-order valence-corrected chi connectivity index (χ4v) is 3.16. The Morgan fingerprint density at radius 2 is 1.88 bits per heavy atom. The Labute approximate surface area is 145 Å². The van der Waals surface area contributed by atoms with Crippen molar-refractivity contribution in [2.75, 3.05) is 0 Å². The summed E-state index contributed by atoms with van der Waals surface area (Å²) in [7, 11) is 1.98. The van der Waals surface area contributed by atoms with Crippen molar-refractivity contribution >= 4 is 10.9 Å². The largest absolute Gasteiger partial charge is 0.268 e. The first-order chi connectivity index (χ1) is 12.2. The molecule has 0 atom stereocenters. The van der Waals surface area contributed by atoms with Crippen LogP contribution in [0.4, 0.5) is 0 Å². The Morgan fingerprint density at radius 1 is 1.08 bits per heavy atom. The lowest BCUT2D eigenvalue weighted by Crippen LogP contribution is -1.99. The van der Waals surface area contributed by atoms with Crippen molar-refractivity contribution in [1.29, 1.82) is 5.26 Å². The van der Waals surface area contributed by atoms with Crippen molar-refractivity contribution in [2.45, 2.75) is 13.3 Å². The number of hydrogen-bond acceptors (Lipinski definition) is 3. The summed E-state index contributed by atoms with van der Waals surface area (Å²) in [5.74, 6) is 0. The van der Waals surface area contributed by atoms with Gasteiger partial charge in [-0.15, -0.1) is 0 Å². The lowest BCUT2D eigenvalue weighted by Gasteiger charge is -2.08. The standard InChI is InChI=1S/C20H17N5/c1-3-18-17-9-6-15(12-20(17)24(2)23-18)19-10-11-22-25(19)16-7-4-14(13-21)5-8-16/h4-12H,3H2,1-2H3. The van der Waals surface area contributed by atoms with E-state index in [2.05, 4.69) is 41.4 Å². The molecule has 0 aliphatic rings. The quantitative estimate of drug-likeness (QED) is 0.574. The highest BCUT2D eigenvalue weighted by Gasteiger charge is 2.12. The molecule has 0 saturated carbocycles. The number of nitriles is 1. The Morgan fingerprint density at radius 3 is 2.60 bits per heavy atom. The summed E-state index contributed by atoms with van der Waals surface area (Å²) in [6.45, 7) is 2.12. The zero-order valence-electron chi connectivity index (χ0n) is 14.1. The molecule has 2 aromatic heterocycles. The fraction of sp³-hybridized carbons (Fsp3) is 0.150.